The molecule has 0 saturated carbocycles. The summed E-state index contributed by atoms with van der Waals surface area (Å²) in [7, 11) is 0. The third kappa shape index (κ3) is 2.68. The second-order valence-corrected chi connectivity index (χ2v) is 7.34. The van der Waals surface area contributed by atoms with Crippen molar-refractivity contribution >= 4 is 17.8 Å². The van der Waals surface area contributed by atoms with E-state index in [1.54, 1.807) is 24.3 Å². The van der Waals surface area contributed by atoms with E-state index in [4.69, 9.17) is 14.6 Å². The van der Waals surface area contributed by atoms with Crippen molar-refractivity contribution in [3.05, 3.63) is 82.4 Å². The van der Waals surface area contributed by atoms with Crippen LogP contribution in [0.4, 0.5) is 0 Å². The maximum Gasteiger partial charge on any atom is 0.340 e. The van der Waals surface area contributed by atoms with E-state index in [1.165, 1.54) is 30.3 Å². The molecule has 2 aliphatic rings. The zero-order valence-electron chi connectivity index (χ0n) is 16.3. The van der Waals surface area contributed by atoms with Gasteiger partial charge in [0.15, 0.2) is 5.60 Å². The van der Waals surface area contributed by atoms with Crippen molar-refractivity contribution in [3.8, 4) is 23.0 Å². The van der Waals surface area contributed by atoms with Gasteiger partial charge in [0, 0.05) is 28.8 Å². The molecule has 9 nitrogen and oxygen atoms in total. The van der Waals surface area contributed by atoms with E-state index >= 15 is 0 Å². The molecule has 0 fully saturated rings. The van der Waals surface area contributed by atoms with Crippen LogP contribution in [0.3, 0.4) is 0 Å². The zero-order valence-corrected chi connectivity index (χ0v) is 16.3. The second-order valence-electron chi connectivity index (χ2n) is 7.34. The molecule has 3 aromatic rings. The largest absolute Gasteiger partial charge is 0.508 e. The standard InChI is InChI=1S/C23H15NO8/c25-11-4-6-14-17(8-11)31-18-9-12(26)5-7-15(18)23(14)16-3-1-2-13(20(16)22(30)32-23)21(29)24-10-19(27)28/h1-9,25-26H,10H2,(H,24,29)(H,27,28). The van der Waals surface area contributed by atoms with Crippen LogP contribution in [0.2, 0.25) is 0 Å². The summed E-state index contributed by atoms with van der Waals surface area (Å²) in [5.74, 6) is -2.46. The SMILES string of the molecule is O=C(O)CNC(=O)c1cccc2c1C(=O)OC21c2ccc(O)cc2Oc2cc(O)ccc21. The molecule has 0 unspecified atom stereocenters. The molecule has 0 aliphatic carbocycles. The van der Waals surface area contributed by atoms with Gasteiger partial charge in [-0.15, -0.1) is 0 Å². The number of carbonyl (C=O) groups excluding carboxylic acids is 2. The van der Waals surface area contributed by atoms with E-state index in [0.717, 1.165) is 0 Å². The normalized spacial score (nSPS) is 14.6. The van der Waals surface area contributed by atoms with E-state index < -0.39 is 30.0 Å². The summed E-state index contributed by atoms with van der Waals surface area (Å²) in [4.78, 5) is 36.6. The number of esters is 1. The quantitative estimate of drug-likeness (QED) is 0.462. The lowest BCUT2D eigenvalue weighted by molar-refractivity contribution is -0.135. The minimum Gasteiger partial charge on any atom is -0.508 e. The summed E-state index contributed by atoms with van der Waals surface area (Å²) < 4.78 is 11.8. The van der Waals surface area contributed by atoms with Crippen LogP contribution in [0.15, 0.2) is 54.6 Å². The number of fused-ring (bicyclic) bond motifs is 6. The monoisotopic (exact) mass is 433 g/mol. The Kier molecular flexibility index (Phi) is 4.09. The molecule has 3 aromatic carbocycles. The Balaban J connectivity index is 1.77. The number of carboxylic acids is 1. The van der Waals surface area contributed by atoms with Crippen LogP contribution in [0.25, 0.3) is 0 Å². The average molecular weight is 433 g/mol. The Morgan fingerprint density at radius 1 is 0.906 bits per heavy atom. The van der Waals surface area contributed by atoms with Crippen LogP contribution in [0.5, 0.6) is 23.0 Å². The fourth-order valence-corrected chi connectivity index (χ4v) is 4.19. The van der Waals surface area contributed by atoms with Crippen molar-refractivity contribution in [2.24, 2.45) is 0 Å². The van der Waals surface area contributed by atoms with Gasteiger partial charge in [0.25, 0.3) is 5.91 Å². The number of carbonyl (C=O) groups is 3. The maximum absolute atomic E-state index is 13.1. The number of ether oxygens (including phenoxy) is 2. The molecule has 0 saturated heterocycles. The minimum absolute atomic E-state index is 0.00432. The molecule has 0 atom stereocenters. The van der Waals surface area contributed by atoms with Crippen LogP contribution in [0, 0.1) is 0 Å². The summed E-state index contributed by atoms with van der Waals surface area (Å²) in [6.45, 7) is -0.610. The highest BCUT2D eigenvalue weighted by atomic mass is 16.6. The Bertz CT molecular complexity index is 1280. The number of phenols is 2. The number of aromatic hydroxyl groups is 2. The second kappa shape index (κ2) is 6.74. The minimum atomic E-state index is -1.50. The van der Waals surface area contributed by atoms with Gasteiger partial charge < -0.3 is 30.1 Å². The maximum atomic E-state index is 13.1. The fraction of sp³-hybridized carbons (Fsp3) is 0.0870. The van der Waals surface area contributed by atoms with Crippen LogP contribution in [0.1, 0.15) is 37.4 Å². The highest BCUT2D eigenvalue weighted by Gasteiger charge is 2.54. The number of hydrogen-bond acceptors (Lipinski definition) is 7. The number of rotatable bonds is 3. The molecule has 160 valence electrons. The first-order chi connectivity index (χ1) is 15.3. The van der Waals surface area contributed by atoms with Crippen molar-refractivity contribution in [1.29, 1.82) is 0 Å². The summed E-state index contributed by atoms with van der Waals surface area (Å²) in [5.41, 5.74) is -0.340. The van der Waals surface area contributed by atoms with Gasteiger partial charge in [0.1, 0.15) is 29.5 Å². The van der Waals surface area contributed by atoms with Gasteiger partial charge in [0.05, 0.1) is 11.1 Å². The van der Waals surface area contributed by atoms with Crippen molar-refractivity contribution in [2.75, 3.05) is 6.54 Å². The number of carboxylic acid groups (broad SMARTS) is 1. The first kappa shape index (κ1) is 19.4. The van der Waals surface area contributed by atoms with Crippen LogP contribution < -0.4 is 10.1 Å². The Morgan fingerprint density at radius 2 is 1.53 bits per heavy atom. The van der Waals surface area contributed by atoms with Crippen LogP contribution in [-0.2, 0) is 15.1 Å². The first-order valence-corrected chi connectivity index (χ1v) is 9.53. The highest BCUT2D eigenvalue weighted by molar-refractivity contribution is 6.09. The molecule has 0 aromatic heterocycles. The molecule has 2 heterocycles. The predicted octanol–water partition coefficient (Wildman–Crippen LogP) is 2.48. The van der Waals surface area contributed by atoms with Gasteiger partial charge >= 0.3 is 11.9 Å². The van der Waals surface area contributed by atoms with Crippen molar-refractivity contribution in [3.63, 3.8) is 0 Å². The lowest BCUT2D eigenvalue weighted by Gasteiger charge is -2.36. The van der Waals surface area contributed by atoms with Crippen LogP contribution in [-0.4, -0.2) is 39.7 Å². The third-order valence-corrected chi connectivity index (χ3v) is 5.45. The summed E-state index contributed by atoms with van der Waals surface area (Å²) in [5, 5.41) is 31.0. The van der Waals surface area contributed by atoms with Crippen LogP contribution >= 0.6 is 0 Å². The molecule has 1 amide bonds. The molecule has 1 spiro atoms. The topological polar surface area (TPSA) is 142 Å². The van der Waals surface area contributed by atoms with Crippen molar-refractivity contribution in [1.82, 2.24) is 5.32 Å². The number of nitrogens with one attached hydrogen (secondary N) is 1. The fourth-order valence-electron chi connectivity index (χ4n) is 4.19. The van der Waals surface area contributed by atoms with Gasteiger partial charge in [-0.05, 0) is 30.3 Å². The Labute approximate surface area is 180 Å². The number of amides is 1. The van der Waals surface area contributed by atoms with E-state index in [9.17, 15) is 24.6 Å². The highest BCUT2D eigenvalue weighted by Crippen LogP contribution is 2.57. The molecule has 5 rings (SSSR count). The number of aliphatic carboxylic acids is 1. The van der Waals surface area contributed by atoms with E-state index in [1.807, 2.05) is 0 Å². The van der Waals surface area contributed by atoms with Crippen molar-refractivity contribution < 1.29 is 39.2 Å². The molecule has 2 aliphatic heterocycles. The van der Waals surface area contributed by atoms with E-state index in [2.05, 4.69) is 5.32 Å². The summed E-state index contributed by atoms with van der Waals surface area (Å²) in [6.07, 6.45) is 0. The van der Waals surface area contributed by atoms with Gasteiger partial charge in [-0.2, -0.15) is 0 Å². The number of phenolic OH excluding ortho intramolecular Hbond substituents is 2. The zero-order chi connectivity index (χ0) is 22.6. The molecule has 4 N–H and O–H groups in total. The third-order valence-electron chi connectivity index (χ3n) is 5.45. The van der Waals surface area contributed by atoms with Gasteiger partial charge in [-0.3, -0.25) is 9.59 Å². The molecule has 0 bridgehead atoms. The summed E-state index contributed by atoms with van der Waals surface area (Å²) >= 11 is 0. The average Bonchev–Trinajstić information content (AvgIpc) is 3.04. The lowest BCUT2D eigenvalue weighted by atomic mass is 9.77. The first-order valence-electron chi connectivity index (χ1n) is 9.53. The van der Waals surface area contributed by atoms with Gasteiger partial charge in [-0.1, -0.05) is 12.1 Å². The number of benzene rings is 3. The number of hydrogen-bond donors (Lipinski definition) is 4. The van der Waals surface area contributed by atoms with Gasteiger partial charge in [-0.25, -0.2) is 4.79 Å². The molecule has 0 radical (unpaired) electrons. The van der Waals surface area contributed by atoms with Gasteiger partial charge in [0.2, 0.25) is 0 Å². The Morgan fingerprint density at radius 3 is 2.12 bits per heavy atom. The Hall–Kier alpha value is -4.53. The summed E-state index contributed by atoms with van der Waals surface area (Å²) in [6, 6.07) is 13.3. The van der Waals surface area contributed by atoms with E-state index in [-0.39, 0.29) is 34.1 Å². The van der Waals surface area contributed by atoms with E-state index in [0.29, 0.717) is 16.7 Å². The lowest BCUT2D eigenvalue weighted by Crippen LogP contribution is -2.33. The predicted molar refractivity (Wildman–Crippen MR) is 108 cm³/mol. The smallest absolute Gasteiger partial charge is 0.340 e. The molecular formula is C23H15NO8. The molecule has 9 heteroatoms. The molecule has 32 heavy (non-hydrogen) atoms. The molecular weight excluding hydrogens is 418 g/mol. The van der Waals surface area contributed by atoms with Crippen molar-refractivity contribution in [2.45, 2.75) is 5.60 Å².